The predicted molar refractivity (Wildman–Crippen MR) is 137 cm³/mol. The monoisotopic (exact) mass is 455 g/mol. The summed E-state index contributed by atoms with van der Waals surface area (Å²) in [4.78, 5) is 32.5. The van der Waals surface area contributed by atoms with Crippen molar-refractivity contribution in [2.75, 3.05) is 11.9 Å². The maximum atomic E-state index is 13.4. The molecule has 0 aromatic heterocycles. The van der Waals surface area contributed by atoms with Gasteiger partial charge in [0.25, 0.3) is 5.91 Å². The van der Waals surface area contributed by atoms with Crippen LogP contribution < -0.4 is 5.32 Å². The molecule has 0 spiro atoms. The molecule has 3 aromatic carbocycles. The highest BCUT2D eigenvalue weighted by molar-refractivity contribution is 8.18. The van der Waals surface area contributed by atoms with E-state index < -0.39 is 0 Å². The number of Topliss-reactive ketones (excluding diaryl/α,β-unsaturated/α-hetero) is 1. The van der Waals surface area contributed by atoms with Crippen molar-refractivity contribution in [1.82, 2.24) is 4.90 Å². The van der Waals surface area contributed by atoms with Gasteiger partial charge in [-0.05, 0) is 61.0 Å². The molecule has 1 heterocycles. The van der Waals surface area contributed by atoms with Crippen LogP contribution in [0.25, 0.3) is 6.08 Å². The fourth-order valence-electron chi connectivity index (χ4n) is 3.48. The Morgan fingerprint density at radius 1 is 1.03 bits per heavy atom. The number of amidine groups is 1. The van der Waals surface area contributed by atoms with Crippen LogP contribution in [0.3, 0.4) is 0 Å². The van der Waals surface area contributed by atoms with Crippen LogP contribution in [0.1, 0.15) is 35.3 Å². The molecule has 1 aliphatic rings. The summed E-state index contributed by atoms with van der Waals surface area (Å²) in [6.45, 7) is 4.68. The molecular weight excluding hydrogens is 430 g/mol. The van der Waals surface area contributed by atoms with Crippen molar-refractivity contribution in [1.29, 1.82) is 0 Å². The normalized spacial score (nSPS) is 15.9. The van der Waals surface area contributed by atoms with Crippen LogP contribution in [0.5, 0.6) is 0 Å². The van der Waals surface area contributed by atoms with Crippen LogP contribution in [-0.2, 0) is 11.3 Å². The van der Waals surface area contributed by atoms with Gasteiger partial charge >= 0.3 is 0 Å². The lowest BCUT2D eigenvalue weighted by Gasteiger charge is -2.16. The van der Waals surface area contributed by atoms with E-state index in [0.29, 0.717) is 27.9 Å². The van der Waals surface area contributed by atoms with Gasteiger partial charge in [-0.25, -0.2) is 4.99 Å². The number of hydrogen-bond donors (Lipinski definition) is 1. The van der Waals surface area contributed by atoms with Crippen molar-refractivity contribution in [3.8, 4) is 0 Å². The average Bonchev–Trinajstić information content (AvgIpc) is 3.10. The standard InChI is InChI=1S/C27H25N3O2S/c1-3-28-23-15-14-22(19(2)31)17-24(23)29-27-30(18-21-12-8-5-9-13-21)26(32)25(33-27)16-20-10-6-4-7-11-20/h4-17,28H,3,18H2,1-2H3/b25-16-,29-27+. The Morgan fingerprint density at radius 3 is 2.39 bits per heavy atom. The number of nitrogens with one attached hydrogen (secondary N) is 1. The smallest absolute Gasteiger partial charge is 0.267 e. The zero-order valence-electron chi connectivity index (χ0n) is 18.6. The molecule has 0 unspecified atom stereocenters. The number of carbonyl (C=O) groups is 2. The lowest BCUT2D eigenvalue weighted by atomic mass is 10.1. The molecule has 166 valence electrons. The van der Waals surface area contributed by atoms with E-state index in [2.05, 4.69) is 5.32 Å². The highest BCUT2D eigenvalue weighted by Crippen LogP contribution is 2.37. The molecule has 1 N–H and O–H groups in total. The van der Waals surface area contributed by atoms with E-state index in [1.165, 1.54) is 18.7 Å². The van der Waals surface area contributed by atoms with Gasteiger partial charge in [0.2, 0.25) is 0 Å². The van der Waals surface area contributed by atoms with Gasteiger partial charge < -0.3 is 5.32 Å². The number of rotatable bonds is 7. The first-order chi connectivity index (χ1) is 16.0. The van der Waals surface area contributed by atoms with E-state index >= 15 is 0 Å². The summed E-state index contributed by atoms with van der Waals surface area (Å²) in [7, 11) is 0. The number of benzene rings is 3. The van der Waals surface area contributed by atoms with Crippen LogP contribution in [0.2, 0.25) is 0 Å². The topological polar surface area (TPSA) is 61.8 Å². The van der Waals surface area contributed by atoms with Crippen molar-refractivity contribution >= 4 is 46.1 Å². The van der Waals surface area contributed by atoms with Gasteiger partial charge in [-0.1, -0.05) is 60.7 Å². The summed E-state index contributed by atoms with van der Waals surface area (Å²) in [5.74, 6) is -0.111. The molecule has 0 radical (unpaired) electrons. The van der Waals surface area contributed by atoms with E-state index in [4.69, 9.17) is 4.99 Å². The number of amides is 1. The molecule has 6 heteroatoms. The van der Waals surface area contributed by atoms with Gasteiger partial charge in [0.05, 0.1) is 22.8 Å². The molecule has 5 nitrogen and oxygen atoms in total. The minimum absolute atomic E-state index is 0.0274. The fraction of sp³-hybridized carbons (Fsp3) is 0.148. The fourth-order valence-corrected chi connectivity index (χ4v) is 4.47. The molecule has 4 rings (SSSR count). The van der Waals surface area contributed by atoms with Gasteiger partial charge in [0, 0.05) is 12.1 Å². The van der Waals surface area contributed by atoms with E-state index in [1.54, 1.807) is 17.0 Å². The number of thioether (sulfide) groups is 1. The van der Waals surface area contributed by atoms with Crippen LogP contribution >= 0.6 is 11.8 Å². The first-order valence-electron chi connectivity index (χ1n) is 10.8. The zero-order chi connectivity index (χ0) is 23.2. The second kappa shape index (κ2) is 10.3. The summed E-state index contributed by atoms with van der Waals surface area (Å²) < 4.78 is 0. The largest absolute Gasteiger partial charge is 0.384 e. The van der Waals surface area contributed by atoms with Crippen molar-refractivity contribution in [2.24, 2.45) is 4.99 Å². The van der Waals surface area contributed by atoms with Crippen molar-refractivity contribution in [3.63, 3.8) is 0 Å². The Labute approximate surface area is 198 Å². The number of carbonyl (C=O) groups excluding carboxylic acids is 2. The number of anilines is 1. The quantitative estimate of drug-likeness (QED) is 0.344. The maximum absolute atomic E-state index is 13.4. The number of aliphatic imine (C=N–C) groups is 1. The molecule has 0 saturated carbocycles. The Hall–Kier alpha value is -3.64. The Bertz CT molecular complexity index is 1220. The molecule has 33 heavy (non-hydrogen) atoms. The predicted octanol–water partition coefficient (Wildman–Crippen LogP) is 6.13. The summed E-state index contributed by atoms with van der Waals surface area (Å²) >= 11 is 1.35. The summed E-state index contributed by atoms with van der Waals surface area (Å²) in [6, 6.07) is 25.1. The zero-order valence-corrected chi connectivity index (χ0v) is 19.4. The SMILES string of the molecule is CCNc1ccc(C(C)=O)cc1/N=C1/S/C(=C\c2ccccc2)C(=O)N1Cc1ccccc1. The van der Waals surface area contributed by atoms with Gasteiger partial charge in [-0.2, -0.15) is 0 Å². The molecule has 0 aliphatic carbocycles. The third kappa shape index (κ3) is 5.41. The first kappa shape index (κ1) is 22.6. The third-order valence-corrected chi connectivity index (χ3v) is 6.16. The molecule has 3 aromatic rings. The molecular formula is C27H25N3O2S. The molecule has 1 amide bonds. The summed E-state index contributed by atoms with van der Waals surface area (Å²) in [5, 5.41) is 3.89. The van der Waals surface area contributed by atoms with Gasteiger partial charge in [0.15, 0.2) is 11.0 Å². The number of ketones is 1. The van der Waals surface area contributed by atoms with Gasteiger partial charge in [0.1, 0.15) is 0 Å². The maximum Gasteiger partial charge on any atom is 0.267 e. The Morgan fingerprint density at radius 2 is 1.73 bits per heavy atom. The average molecular weight is 456 g/mol. The van der Waals surface area contributed by atoms with Gasteiger partial charge in [-0.15, -0.1) is 0 Å². The Kier molecular flexibility index (Phi) is 7.05. The van der Waals surface area contributed by atoms with Crippen molar-refractivity contribution < 1.29 is 9.59 Å². The molecule has 0 atom stereocenters. The lowest BCUT2D eigenvalue weighted by Crippen LogP contribution is -2.28. The van der Waals surface area contributed by atoms with Crippen LogP contribution in [0.15, 0.2) is 88.8 Å². The molecule has 1 saturated heterocycles. The third-order valence-electron chi connectivity index (χ3n) is 5.16. The highest BCUT2D eigenvalue weighted by Gasteiger charge is 2.33. The molecule has 0 bridgehead atoms. The lowest BCUT2D eigenvalue weighted by molar-refractivity contribution is -0.122. The minimum atomic E-state index is -0.0841. The van der Waals surface area contributed by atoms with Gasteiger partial charge in [-0.3, -0.25) is 14.5 Å². The van der Waals surface area contributed by atoms with E-state index in [1.807, 2.05) is 79.7 Å². The summed E-state index contributed by atoms with van der Waals surface area (Å²) in [6.07, 6.45) is 1.89. The Balaban J connectivity index is 1.77. The highest BCUT2D eigenvalue weighted by atomic mass is 32.2. The van der Waals surface area contributed by atoms with Crippen LogP contribution in [0, 0.1) is 0 Å². The van der Waals surface area contributed by atoms with Crippen molar-refractivity contribution in [2.45, 2.75) is 20.4 Å². The van der Waals surface area contributed by atoms with E-state index in [-0.39, 0.29) is 11.7 Å². The van der Waals surface area contributed by atoms with Crippen LogP contribution in [0.4, 0.5) is 11.4 Å². The molecule has 1 fully saturated rings. The number of hydrogen-bond acceptors (Lipinski definition) is 5. The second-order valence-electron chi connectivity index (χ2n) is 7.61. The van der Waals surface area contributed by atoms with Crippen molar-refractivity contribution in [3.05, 3.63) is 100 Å². The first-order valence-corrected chi connectivity index (χ1v) is 11.6. The number of nitrogens with zero attached hydrogens (tertiary/aromatic N) is 2. The van der Waals surface area contributed by atoms with Crippen LogP contribution in [-0.4, -0.2) is 28.3 Å². The minimum Gasteiger partial charge on any atom is -0.384 e. The second-order valence-corrected chi connectivity index (χ2v) is 8.62. The van der Waals surface area contributed by atoms with E-state index in [0.717, 1.165) is 23.4 Å². The van der Waals surface area contributed by atoms with E-state index in [9.17, 15) is 9.59 Å². The molecule has 1 aliphatic heterocycles. The summed E-state index contributed by atoms with van der Waals surface area (Å²) in [5.41, 5.74) is 4.02.